The van der Waals surface area contributed by atoms with Crippen LogP contribution < -0.4 is 10.6 Å². The highest BCUT2D eigenvalue weighted by Gasteiger charge is 2.30. The molecule has 0 bridgehead atoms. The molecule has 13 heteroatoms. The van der Waals surface area contributed by atoms with Crippen LogP contribution in [0.15, 0.2) is 54.7 Å². The molecule has 0 spiro atoms. The first kappa shape index (κ1) is 25.6. The number of benzene rings is 2. The molecule has 1 fully saturated rings. The van der Waals surface area contributed by atoms with E-state index in [1.165, 1.54) is 4.90 Å². The number of amides is 2. The predicted octanol–water partition coefficient (Wildman–Crippen LogP) is 3.19. The summed E-state index contributed by atoms with van der Waals surface area (Å²) in [5.41, 5.74) is 3.44. The van der Waals surface area contributed by atoms with E-state index in [0.29, 0.717) is 33.9 Å². The molecule has 0 unspecified atom stereocenters. The summed E-state index contributed by atoms with van der Waals surface area (Å²) in [6, 6.07) is 14.0. The zero-order valence-corrected chi connectivity index (χ0v) is 22.6. The van der Waals surface area contributed by atoms with Crippen LogP contribution in [0.3, 0.4) is 0 Å². The minimum Gasteiger partial charge on any atom is -0.445 e. The van der Waals surface area contributed by atoms with Gasteiger partial charge in [0.2, 0.25) is 11.9 Å². The van der Waals surface area contributed by atoms with E-state index in [-0.39, 0.29) is 31.6 Å². The van der Waals surface area contributed by atoms with E-state index in [9.17, 15) is 9.59 Å². The summed E-state index contributed by atoms with van der Waals surface area (Å²) in [6.07, 6.45) is 1.33. The molecular weight excluding hydrogens is 534 g/mol. The largest absolute Gasteiger partial charge is 0.445 e. The molecule has 2 N–H and O–H groups in total. The quantitative estimate of drug-likeness (QED) is 0.336. The maximum atomic E-state index is 13.0. The predicted molar refractivity (Wildman–Crippen MR) is 149 cm³/mol. The Morgan fingerprint density at radius 2 is 1.98 bits per heavy atom. The molecule has 1 aliphatic heterocycles. The molecule has 0 aliphatic carbocycles. The van der Waals surface area contributed by atoms with Gasteiger partial charge < -0.3 is 20.3 Å². The lowest BCUT2D eigenvalue weighted by atomic mass is 10.2. The van der Waals surface area contributed by atoms with Crippen molar-refractivity contribution in [2.75, 3.05) is 25.0 Å². The van der Waals surface area contributed by atoms with E-state index in [1.54, 1.807) is 15.3 Å². The third kappa shape index (κ3) is 4.89. The number of carbonyl (C=O) groups excluding carboxylic acids is 2. The first-order valence-corrected chi connectivity index (χ1v) is 13.1. The van der Waals surface area contributed by atoms with Crippen LogP contribution in [-0.4, -0.2) is 71.9 Å². The Bertz CT molecular complexity index is 1730. The first-order valence-electron chi connectivity index (χ1n) is 12.7. The molecule has 1 atom stereocenters. The van der Waals surface area contributed by atoms with E-state index in [1.807, 2.05) is 62.6 Å². The molecule has 3 aromatic heterocycles. The summed E-state index contributed by atoms with van der Waals surface area (Å²) in [5, 5.41) is 16.3. The van der Waals surface area contributed by atoms with Crippen LogP contribution in [0.1, 0.15) is 11.3 Å². The molecule has 204 valence electrons. The summed E-state index contributed by atoms with van der Waals surface area (Å²) in [6.45, 7) is 2.67. The number of aryl methyl sites for hydroxylation is 2. The molecule has 0 saturated carbocycles. The van der Waals surface area contributed by atoms with Crippen molar-refractivity contribution in [1.82, 2.24) is 39.6 Å². The maximum absolute atomic E-state index is 13.0. The number of fused-ring (bicyclic) bond motifs is 3. The highest BCUT2D eigenvalue weighted by Crippen LogP contribution is 2.29. The van der Waals surface area contributed by atoms with Gasteiger partial charge in [0.1, 0.15) is 12.6 Å². The van der Waals surface area contributed by atoms with E-state index in [2.05, 4.69) is 15.7 Å². The lowest BCUT2D eigenvalue weighted by Gasteiger charge is -2.23. The number of rotatable bonds is 5. The lowest BCUT2D eigenvalue weighted by molar-refractivity contribution is -0.121. The second-order valence-electron chi connectivity index (χ2n) is 9.52. The maximum Gasteiger partial charge on any atom is 0.410 e. The molecule has 4 heterocycles. The topological polar surface area (TPSA) is 132 Å². The molecule has 0 radical (unpaired) electrons. The molecule has 1 saturated heterocycles. The van der Waals surface area contributed by atoms with E-state index < -0.39 is 12.1 Å². The van der Waals surface area contributed by atoms with Crippen molar-refractivity contribution in [2.45, 2.75) is 19.6 Å². The molecule has 2 amide bonds. The number of carbonyl (C=O) groups is 2. The van der Waals surface area contributed by atoms with Gasteiger partial charge in [-0.1, -0.05) is 48.0 Å². The Balaban J connectivity index is 1.33. The van der Waals surface area contributed by atoms with Crippen LogP contribution in [0.4, 0.5) is 10.7 Å². The Kier molecular flexibility index (Phi) is 6.68. The molecule has 12 nitrogen and oxygen atoms in total. The molecular formula is C27H26ClN9O3. The number of halogens is 1. The monoisotopic (exact) mass is 559 g/mol. The van der Waals surface area contributed by atoms with E-state index >= 15 is 0 Å². The van der Waals surface area contributed by atoms with Gasteiger partial charge in [-0.3, -0.25) is 9.48 Å². The second-order valence-corrected chi connectivity index (χ2v) is 9.93. The summed E-state index contributed by atoms with van der Waals surface area (Å²) in [4.78, 5) is 37.0. The van der Waals surface area contributed by atoms with Gasteiger partial charge in [0, 0.05) is 31.7 Å². The fraction of sp³-hybridized carbons (Fsp3) is 0.259. The van der Waals surface area contributed by atoms with Gasteiger partial charge in [-0.05, 0) is 24.6 Å². The number of nitrogens with zero attached hydrogens (tertiary/aromatic N) is 7. The van der Waals surface area contributed by atoms with Crippen molar-refractivity contribution >= 4 is 46.1 Å². The average molecular weight is 560 g/mol. The normalized spacial score (nSPS) is 15.7. The first-order chi connectivity index (χ1) is 19.4. The van der Waals surface area contributed by atoms with Crippen LogP contribution >= 0.6 is 11.6 Å². The third-order valence-electron chi connectivity index (χ3n) is 6.67. The van der Waals surface area contributed by atoms with Crippen LogP contribution in [0.2, 0.25) is 5.02 Å². The van der Waals surface area contributed by atoms with Crippen molar-refractivity contribution in [1.29, 1.82) is 0 Å². The molecule has 6 rings (SSSR count). The molecule has 40 heavy (non-hydrogen) atoms. The van der Waals surface area contributed by atoms with Crippen molar-refractivity contribution in [3.63, 3.8) is 0 Å². The molecule has 5 aromatic rings. The zero-order valence-electron chi connectivity index (χ0n) is 21.8. The second kappa shape index (κ2) is 10.5. The summed E-state index contributed by atoms with van der Waals surface area (Å²) in [7, 11) is 1.83. The van der Waals surface area contributed by atoms with Gasteiger partial charge in [-0.25, -0.2) is 14.8 Å². The highest BCUT2D eigenvalue weighted by atomic mass is 35.5. The van der Waals surface area contributed by atoms with Crippen molar-refractivity contribution in [3.05, 3.63) is 71.0 Å². The van der Waals surface area contributed by atoms with Gasteiger partial charge in [0.05, 0.1) is 28.3 Å². The summed E-state index contributed by atoms with van der Waals surface area (Å²) < 4.78 is 8.77. The van der Waals surface area contributed by atoms with Crippen molar-refractivity contribution in [3.8, 4) is 11.4 Å². The third-order valence-corrected chi connectivity index (χ3v) is 6.98. The Morgan fingerprint density at radius 3 is 2.75 bits per heavy atom. The smallest absolute Gasteiger partial charge is 0.410 e. The summed E-state index contributed by atoms with van der Waals surface area (Å²) in [5.74, 6) is 0.436. The standard InChI is InChI=1S/C27H26ClN9O3/c1-16-19(13-35(2)33-16)23-32-24-18-9-6-10-20(28)22(18)31-26(37(24)34-23)30-21-14-36(12-11-29-25(21)38)27(39)40-15-17-7-4-3-5-8-17/h3-10,13,21H,11-12,14-15H2,1-2H3,(H,29,38)(H,30,31)/t21-/m1/s1. The minimum atomic E-state index is -0.838. The fourth-order valence-electron chi connectivity index (χ4n) is 4.70. The number of nitrogens with one attached hydrogen (secondary N) is 2. The van der Waals surface area contributed by atoms with Crippen LogP contribution in [0, 0.1) is 6.92 Å². The Morgan fingerprint density at radius 1 is 1.15 bits per heavy atom. The van der Waals surface area contributed by atoms with Crippen LogP contribution in [0.25, 0.3) is 27.9 Å². The fourth-order valence-corrected chi connectivity index (χ4v) is 4.92. The van der Waals surface area contributed by atoms with E-state index in [0.717, 1.165) is 16.8 Å². The Hall–Kier alpha value is -4.71. The number of hydrogen-bond acceptors (Lipinski definition) is 8. The van der Waals surface area contributed by atoms with E-state index in [4.69, 9.17) is 31.4 Å². The van der Waals surface area contributed by atoms with Gasteiger partial charge in [0.25, 0.3) is 0 Å². The van der Waals surface area contributed by atoms with Gasteiger partial charge in [-0.15, -0.1) is 5.10 Å². The summed E-state index contributed by atoms with van der Waals surface area (Å²) >= 11 is 6.52. The van der Waals surface area contributed by atoms with Gasteiger partial charge >= 0.3 is 6.09 Å². The number of aromatic nitrogens is 6. The average Bonchev–Trinajstić information content (AvgIpc) is 3.49. The van der Waals surface area contributed by atoms with Crippen LogP contribution in [-0.2, 0) is 23.2 Å². The molecule has 1 aliphatic rings. The number of para-hydroxylation sites is 1. The van der Waals surface area contributed by atoms with Crippen LogP contribution in [0.5, 0.6) is 0 Å². The Labute approximate surface area is 233 Å². The van der Waals surface area contributed by atoms with Crippen molar-refractivity contribution in [2.24, 2.45) is 7.05 Å². The number of anilines is 1. The number of hydrogen-bond donors (Lipinski definition) is 2. The minimum absolute atomic E-state index is 0.0620. The SMILES string of the molecule is Cc1nn(C)cc1-c1nc2c3cccc(Cl)c3nc(N[C@@H]3CN(C(=O)OCc4ccccc4)CCNC3=O)n2n1. The van der Waals surface area contributed by atoms with Crippen molar-refractivity contribution < 1.29 is 14.3 Å². The lowest BCUT2D eigenvalue weighted by Crippen LogP contribution is -2.44. The zero-order chi connectivity index (χ0) is 27.8. The van der Waals surface area contributed by atoms with Gasteiger partial charge in [-0.2, -0.15) is 9.61 Å². The number of ether oxygens (including phenoxy) is 1. The highest BCUT2D eigenvalue weighted by molar-refractivity contribution is 6.35. The molecule has 2 aromatic carbocycles. The van der Waals surface area contributed by atoms with Gasteiger partial charge in [0.15, 0.2) is 11.5 Å².